The third-order valence-corrected chi connectivity index (χ3v) is 3.11. The molecule has 1 aromatic carbocycles. The van der Waals surface area contributed by atoms with Gasteiger partial charge in [-0.25, -0.2) is 4.98 Å². The van der Waals surface area contributed by atoms with Crippen molar-refractivity contribution in [2.24, 2.45) is 0 Å². The molecule has 6 nitrogen and oxygen atoms in total. The Kier molecular flexibility index (Phi) is 4.71. The van der Waals surface area contributed by atoms with Crippen molar-refractivity contribution in [2.45, 2.75) is 13.1 Å². The minimum atomic E-state index is -4.74. The molecule has 0 saturated heterocycles. The van der Waals surface area contributed by atoms with Crippen LogP contribution in [-0.4, -0.2) is 16.1 Å². The molecule has 0 saturated carbocycles. The summed E-state index contributed by atoms with van der Waals surface area (Å²) in [7, 11) is 0. The lowest BCUT2D eigenvalue weighted by atomic mass is 10.1. The van der Waals surface area contributed by atoms with Crippen molar-refractivity contribution < 1.29 is 23.2 Å². The van der Waals surface area contributed by atoms with Crippen LogP contribution < -0.4 is 10.4 Å². The molecule has 0 bridgehead atoms. The minimum Gasteiger partial charge on any atom is -0.291 e. The number of hydrogen-bond donors (Lipinski definition) is 2. The summed E-state index contributed by atoms with van der Waals surface area (Å²) in [6.07, 6.45) is -3.47. The quantitative estimate of drug-likeness (QED) is 0.838. The second kappa shape index (κ2) is 6.55. The molecular weight excluding hydrogens is 325 g/mol. The molecule has 9 heteroatoms. The first-order chi connectivity index (χ1) is 11.3. The van der Waals surface area contributed by atoms with Gasteiger partial charge in [0.25, 0.3) is 0 Å². The number of nitrogens with one attached hydrogen (secondary N) is 1. The average molecular weight is 336 g/mol. The number of carbonyl (C=O) groups excluding carboxylic acids is 1. The SMILES string of the molecule is CC(=O)N(c1ccc(C#N)c(C(F)(F)F)c1)c1cc(NO)ccn1. The number of hydrogen-bond acceptors (Lipinski definition) is 5. The van der Waals surface area contributed by atoms with E-state index in [2.05, 4.69) is 4.98 Å². The largest absolute Gasteiger partial charge is 0.417 e. The van der Waals surface area contributed by atoms with Crippen molar-refractivity contribution in [3.05, 3.63) is 47.7 Å². The smallest absolute Gasteiger partial charge is 0.291 e. The van der Waals surface area contributed by atoms with Gasteiger partial charge in [0.05, 0.1) is 28.6 Å². The summed E-state index contributed by atoms with van der Waals surface area (Å²) in [4.78, 5) is 16.8. The van der Waals surface area contributed by atoms with Crippen LogP contribution >= 0.6 is 0 Å². The summed E-state index contributed by atoms with van der Waals surface area (Å²) in [6.45, 7) is 1.16. The maximum atomic E-state index is 13.1. The Bertz CT molecular complexity index is 815. The second-order valence-electron chi connectivity index (χ2n) is 4.71. The molecule has 1 heterocycles. The van der Waals surface area contributed by atoms with Gasteiger partial charge in [0.15, 0.2) is 0 Å². The molecule has 124 valence electrons. The van der Waals surface area contributed by atoms with Gasteiger partial charge < -0.3 is 0 Å². The first kappa shape index (κ1) is 17.2. The highest BCUT2D eigenvalue weighted by Gasteiger charge is 2.34. The predicted molar refractivity (Wildman–Crippen MR) is 78.6 cm³/mol. The Labute approximate surface area is 134 Å². The maximum Gasteiger partial charge on any atom is 0.417 e. The van der Waals surface area contributed by atoms with Gasteiger partial charge in [0.2, 0.25) is 5.91 Å². The van der Waals surface area contributed by atoms with E-state index in [1.807, 2.05) is 5.48 Å². The number of halogens is 3. The van der Waals surface area contributed by atoms with Crippen LogP contribution in [0.4, 0.5) is 30.4 Å². The standard InChI is InChI=1S/C15H11F3N4O2/c1-9(23)22(14-6-11(21-24)4-5-20-14)12-3-2-10(8-19)13(7-12)15(16,17)18/h2-7,24H,1H3,(H,20,21). The summed E-state index contributed by atoms with van der Waals surface area (Å²) in [5.74, 6) is -0.574. The monoisotopic (exact) mass is 336 g/mol. The summed E-state index contributed by atoms with van der Waals surface area (Å²) >= 11 is 0. The Balaban J connectivity index is 2.61. The number of alkyl halides is 3. The Morgan fingerprint density at radius 3 is 2.58 bits per heavy atom. The van der Waals surface area contributed by atoms with Crippen molar-refractivity contribution >= 4 is 23.1 Å². The fraction of sp³-hybridized carbons (Fsp3) is 0.133. The van der Waals surface area contributed by atoms with Crippen molar-refractivity contribution in [1.82, 2.24) is 4.98 Å². The highest BCUT2D eigenvalue weighted by molar-refractivity contribution is 5.98. The number of carbonyl (C=O) groups is 1. The number of nitriles is 1. The van der Waals surface area contributed by atoms with Gasteiger partial charge in [-0.15, -0.1) is 0 Å². The lowest BCUT2D eigenvalue weighted by Crippen LogP contribution is -2.24. The number of nitrogens with zero attached hydrogens (tertiary/aromatic N) is 3. The molecule has 0 unspecified atom stereocenters. The van der Waals surface area contributed by atoms with Crippen LogP contribution in [0.1, 0.15) is 18.1 Å². The van der Waals surface area contributed by atoms with Crippen LogP contribution in [0, 0.1) is 11.3 Å². The molecule has 0 aliphatic carbocycles. The van der Waals surface area contributed by atoms with Crippen LogP contribution in [0.5, 0.6) is 0 Å². The van der Waals surface area contributed by atoms with Crippen LogP contribution in [0.25, 0.3) is 0 Å². The van der Waals surface area contributed by atoms with E-state index >= 15 is 0 Å². The van der Waals surface area contributed by atoms with Gasteiger partial charge in [0.1, 0.15) is 5.82 Å². The topological polar surface area (TPSA) is 89.2 Å². The molecule has 0 aliphatic rings. The Morgan fingerprint density at radius 1 is 1.33 bits per heavy atom. The Hall–Kier alpha value is -3.12. The minimum absolute atomic E-state index is 0.0133. The number of benzene rings is 1. The third kappa shape index (κ3) is 3.44. The molecule has 2 N–H and O–H groups in total. The van der Waals surface area contributed by atoms with Gasteiger partial charge in [-0.05, 0) is 24.3 Å². The van der Waals surface area contributed by atoms with Crippen molar-refractivity contribution in [3.8, 4) is 6.07 Å². The molecule has 0 spiro atoms. The molecule has 2 rings (SSSR count). The summed E-state index contributed by atoms with van der Waals surface area (Å²) in [5, 5.41) is 17.7. The maximum absolute atomic E-state index is 13.1. The number of rotatable bonds is 3. The molecule has 0 aliphatic heterocycles. The number of anilines is 3. The van der Waals surface area contributed by atoms with Crippen molar-refractivity contribution in [3.63, 3.8) is 0 Å². The number of aromatic nitrogens is 1. The van der Waals surface area contributed by atoms with Gasteiger partial charge in [-0.3, -0.25) is 20.4 Å². The predicted octanol–water partition coefficient (Wildman–Crippen LogP) is 3.46. The first-order valence-electron chi connectivity index (χ1n) is 6.56. The summed E-state index contributed by atoms with van der Waals surface area (Å²) in [6, 6.07) is 7.08. The molecule has 2 aromatic rings. The van der Waals surface area contributed by atoms with E-state index < -0.39 is 23.2 Å². The molecule has 24 heavy (non-hydrogen) atoms. The number of pyridine rings is 1. The van der Waals surface area contributed by atoms with Gasteiger partial charge >= 0.3 is 6.18 Å². The fourth-order valence-electron chi connectivity index (χ4n) is 2.09. The van der Waals surface area contributed by atoms with Crippen LogP contribution in [-0.2, 0) is 11.0 Å². The zero-order valence-corrected chi connectivity index (χ0v) is 12.3. The first-order valence-corrected chi connectivity index (χ1v) is 6.56. The molecule has 0 atom stereocenters. The van der Waals surface area contributed by atoms with E-state index in [1.165, 1.54) is 30.5 Å². The van der Waals surface area contributed by atoms with Crippen LogP contribution in [0.2, 0.25) is 0 Å². The van der Waals surface area contributed by atoms with Crippen LogP contribution in [0.3, 0.4) is 0 Å². The van der Waals surface area contributed by atoms with E-state index in [0.717, 1.165) is 17.9 Å². The normalized spacial score (nSPS) is 10.8. The fourth-order valence-corrected chi connectivity index (χ4v) is 2.09. The number of amides is 1. The van der Waals surface area contributed by atoms with E-state index in [1.54, 1.807) is 0 Å². The van der Waals surface area contributed by atoms with E-state index in [0.29, 0.717) is 6.07 Å². The van der Waals surface area contributed by atoms with Gasteiger partial charge in [0, 0.05) is 19.2 Å². The Morgan fingerprint density at radius 2 is 2.04 bits per heavy atom. The van der Waals surface area contributed by atoms with Gasteiger partial charge in [-0.1, -0.05) is 0 Å². The molecular formula is C15H11F3N4O2. The highest BCUT2D eigenvalue weighted by atomic mass is 19.4. The summed E-state index contributed by atoms with van der Waals surface area (Å²) < 4.78 is 39.3. The van der Waals surface area contributed by atoms with Crippen molar-refractivity contribution in [1.29, 1.82) is 5.26 Å². The highest BCUT2D eigenvalue weighted by Crippen LogP contribution is 2.36. The lowest BCUT2D eigenvalue weighted by Gasteiger charge is -2.22. The zero-order valence-electron chi connectivity index (χ0n) is 12.3. The average Bonchev–Trinajstić information content (AvgIpc) is 2.54. The molecule has 0 fully saturated rings. The molecule has 1 amide bonds. The van der Waals surface area contributed by atoms with E-state index in [-0.39, 0.29) is 17.2 Å². The van der Waals surface area contributed by atoms with Gasteiger partial charge in [-0.2, -0.15) is 18.4 Å². The van der Waals surface area contributed by atoms with E-state index in [9.17, 15) is 18.0 Å². The molecule has 0 radical (unpaired) electrons. The van der Waals surface area contributed by atoms with Crippen LogP contribution in [0.15, 0.2) is 36.5 Å². The third-order valence-electron chi connectivity index (χ3n) is 3.11. The van der Waals surface area contributed by atoms with E-state index in [4.69, 9.17) is 10.5 Å². The molecule has 1 aromatic heterocycles. The van der Waals surface area contributed by atoms with Crippen molar-refractivity contribution in [2.75, 3.05) is 10.4 Å². The lowest BCUT2D eigenvalue weighted by molar-refractivity contribution is -0.137. The zero-order chi connectivity index (χ0) is 17.9. The summed E-state index contributed by atoms with van der Waals surface area (Å²) in [5.41, 5.74) is 0.274. The second-order valence-corrected chi connectivity index (χ2v) is 4.71.